The Morgan fingerprint density at radius 1 is 1.07 bits per heavy atom. The van der Waals surface area contributed by atoms with Gasteiger partial charge < -0.3 is 10.1 Å². The lowest BCUT2D eigenvalue weighted by atomic mass is 9.96. The molecule has 0 bridgehead atoms. The number of carbonyl (C=O) groups excluding carboxylic acids is 1. The van der Waals surface area contributed by atoms with Gasteiger partial charge in [-0.3, -0.25) is 14.3 Å². The maximum Gasteiger partial charge on any atom is 0.573 e. The Morgan fingerprint density at radius 3 is 2.37 bits per heavy atom. The van der Waals surface area contributed by atoms with Crippen LogP contribution in [0.15, 0.2) is 54.7 Å². The van der Waals surface area contributed by atoms with Crippen molar-refractivity contribution in [1.82, 2.24) is 14.8 Å². The number of halogens is 3. The molecule has 0 aliphatic carbocycles. The third-order valence-corrected chi connectivity index (χ3v) is 5.32. The van der Waals surface area contributed by atoms with E-state index in [1.54, 1.807) is 16.7 Å². The second-order valence-corrected chi connectivity index (χ2v) is 7.30. The summed E-state index contributed by atoms with van der Waals surface area (Å²) in [5, 5.41) is 4.27. The van der Waals surface area contributed by atoms with E-state index in [-0.39, 0.29) is 17.7 Å². The summed E-state index contributed by atoms with van der Waals surface area (Å²) in [6.07, 6.45) is -2.88. The Bertz CT molecular complexity index is 1040. The van der Waals surface area contributed by atoms with Gasteiger partial charge in [0.1, 0.15) is 5.75 Å². The molecule has 2 aromatic carbocycles. The molecule has 1 aliphatic rings. The molecule has 4 rings (SSSR count). The molecule has 1 aliphatic heterocycles. The van der Waals surface area contributed by atoms with Gasteiger partial charge in [0.2, 0.25) is 5.91 Å². The van der Waals surface area contributed by atoms with Crippen LogP contribution in [0, 0.1) is 0 Å². The third kappa shape index (κ3) is 4.20. The number of benzene rings is 2. The SMILES string of the molecule is CC(=O)n1cc([C@H](c2ccc(OC(F)(F)F)cc2)N2CCNCC2)c2ccccc21. The number of carbonyl (C=O) groups is 1. The van der Waals surface area contributed by atoms with Gasteiger partial charge in [-0.15, -0.1) is 13.2 Å². The summed E-state index contributed by atoms with van der Waals surface area (Å²) in [6, 6.07) is 13.5. The van der Waals surface area contributed by atoms with Gasteiger partial charge in [0, 0.05) is 44.7 Å². The zero-order valence-corrected chi connectivity index (χ0v) is 16.4. The maximum atomic E-state index is 12.5. The van der Waals surface area contributed by atoms with Gasteiger partial charge in [0.25, 0.3) is 0 Å². The lowest BCUT2D eigenvalue weighted by Gasteiger charge is -2.35. The van der Waals surface area contributed by atoms with Gasteiger partial charge in [-0.1, -0.05) is 30.3 Å². The lowest BCUT2D eigenvalue weighted by molar-refractivity contribution is -0.274. The summed E-state index contributed by atoms with van der Waals surface area (Å²) in [4.78, 5) is 14.5. The Morgan fingerprint density at radius 2 is 1.73 bits per heavy atom. The summed E-state index contributed by atoms with van der Waals surface area (Å²) in [7, 11) is 0. The first kappa shape index (κ1) is 20.4. The molecule has 30 heavy (non-hydrogen) atoms. The Kier molecular flexibility index (Phi) is 5.53. The summed E-state index contributed by atoms with van der Waals surface area (Å²) in [5.74, 6) is -0.345. The van der Waals surface area contributed by atoms with Crippen molar-refractivity contribution in [3.05, 3.63) is 65.9 Å². The fourth-order valence-corrected chi connectivity index (χ4v) is 4.06. The largest absolute Gasteiger partial charge is 0.573 e. The van der Waals surface area contributed by atoms with Gasteiger partial charge in [-0.05, 0) is 29.3 Å². The zero-order valence-electron chi connectivity index (χ0n) is 16.4. The number of hydrogen-bond acceptors (Lipinski definition) is 4. The van der Waals surface area contributed by atoms with Gasteiger partial charge in [0.15, 0.2) is 0 Å². The van der Waals surface area contributed by atoms with Crippen LogP contribution in [-0.4, -0.2) is 47.9 Å². The van der Waals surface area contributed by atoms with Crippen LogP contribution in [0.1, 0.15) is 28.9 Å². The predicted octanol–water partition coefficient (Wildman–Crippen LogP) is 4.19. The molecule has 158 valence electrons. The summed E-state index contributed by atoms with van der Waals surface area (Å²) in [5.41, 5.74) is 2.61. The number of hydrogen-bond donors (Lipinski definition) is 1. The van der Waals surface area contributed by atoms with E-state index in [4.69, 9.17) is 0 Å². The van der Waals surface area contributed by atoms with Gasteiger partial charge in [-0.25, -0.2) is 0 Å². The standard InChI is InChI=1S/C22H22F3N3O2/c1-15(29)28-14-19(18-4-2-3-5-20(18)28)21(27-12-10-26-11-13-27)16-6-8-17(9-7-16)30-22(23,24)25/h2-9,14,21,26H,10-13H2,1H3/t21-/m0/s1. The molecule has 2 heterocycles. The molecule has 0 unspecified atom stereocenters. The van der Waals surface area contributed by atoms with E-state index in [1.807, 2.05) is 30.5 Å². The number of piperazine rings is 1. The highest BCUT2D eigenvalue weighted by Crippen LogP contribution is 2.36. The second-order valence-electron chi connectivity index (χ2n) is 7.30. The topological polar surface area (TPSA) is 46.5 Å². The predicted molar refractivity (Wildman–Crippen MR) is 108 cm³/mol. The molecule has 0 saturated carbocycles. The highest BCUT2D eigenvalue weighted by Gasteiger charge is 2.32. The number of rotatable bonds is 4. The maximum absolute atomic E-state index is 12.5. The number of alkyl halides is 3. The Hall–Kier alpha value is -2.84. The van der Waals surface area contributed by atoms with Gasteiger partial charge in [-0.2, -0.15) is 0 Å². The Labute approximate surface area is 172 Å². The normalized spacial score (nSPS) is 16.5. The molecule has 1 aromatic heterocycles. The molecule has 8 heteroatoms. The van der Waals surface area contributed by atoms with Crippen molar-refractivity contribution in [2.24, 2.45) is 0 Å². The highest BCUT2D eigenvalue weighted by molar-refractivity contribution is 5.94. The molecule has 1 N–H and O–H groups in total. The molecule has 0 radical (unpaired) electrons. The van der Waals surface area contributed by atoms with Crippen molar-refractivity contribution < 1.29 is 22.7 Å². The molecule has 1 atom stereocenters. The van der Waals surface area contributed by atoms with E-state index in [0.29, 0.717) is 0 Å². The number of fused-ring (bicyclic) bond motifs is 1. The van der Waals surface area contributed by atoms with Crippen LogP contribution in [0.5, 0.6) is 5.75 Å². The molecule has 5 nitrogen and oxygen atoms in total. The van der Waals surface area contributed by atoms with Crippen molar-refractivity contribution in [2.45, 2.75) is 19.3 Å². The van der Waals surface area contributed by atoms with Crippen molar-refractivity contribution in [3.63, 3.8) is 0 Å². The average Bonchev–Trinajstić information content (AvgIpc) is 3.09. The Balaban J connectivity index is 1.80. The number of para-hydroxylation sites is 1. The smallest absolute Gasteiger partial charge is 0.406 e. The van der Waals surface area contributed by atoms with E-state index < -0.39 is 6.36 Å². The second kappa shape index (κ2) is 8.12. The first-order valence-electron chi connectivity index (χ1n) is 9.75. The highest BCUT2D eigenvalue weighted by atomic mass is 19.4. The van der Waals surface area contributed by atoms with Crippen molar-refractivity contribution in [3.8, 4) is 5.75 Å². The van der Waals surface area contributed by atoms with Crippen LogP contribution in [-0.2, 0) is 0 Å². The van der Waals surface area contributed by atoms with Crippen LogP contribution in [0.4, 0.5) is 13.2 Å². The summed E-state index contributed by atoms with van der Waals surface area (Å²) in [6.45, 7) is 4.71. The molecule has 1 fully saturated rings. The van der Waals surface area contributed by atoms with E-state index >= 15 is 0 Å². The average molecular weight is 417 g/mol. The fraction of sp³-hybridized carbons (Fsp3) is 0.318. The number of ether oxygens (including phenoxy) is 1. The minimum Gasteiger partial charge on any atom is -0.406 e. The molecular formula is C22H22F3N3O2. The third-order valence-electron chi connectivity index (χ3n) is 5.32. The monoisotopic (exact) mass is 417 g/mol. The first-order chi connectivity index (χ1) is 14.3. The molecule has 3 aromatic rings. The first-order valence-corrected chi connectivity index (χ1v) is 9.75. The quantitative estimate of drug-likeness (QED) is 0.692. The number of nitrogens with zero attached hydrogens (tertiary/aromatic N) is 2. The minimum atomic E-state index is -4.73. The van der Waals surface area contributed by atoms with Crippen LogP contribution in [0.2, 0.25) is 0 Å². The van der Waals surface area contributed by atoms with Crippen LogP contribution < -0.4 is 10.1 Å². The van der Waals surface area contributed by atoms with E-state index in [9.17, 15) is 18.0 Å². The molecule has 1 saturated heterocycles. The number of nitrogens with one attached hydrogen (secondary N) is 1. The van der Waals surface area contributed by atoms with Crippen LogP contribution in [0.3, 0.4) is 0 Å². The van der Waals surface area contributed by atoms with Crippen LogP contribution >= 0.6 is 0 Å². The van der Waals surface area contributed by atoms with E-state index in [0.717, 1.165) is 48.2 Å². The molecule has 0 amide bonds. The minimum absolute atomic E-state index is 0.0922. The number of aromatic nitrogens is 1. The van der Waals surface area contributed by atoms with E-state index in [2.05, 4.69) is 15.0 Å². The van der Waals surface area contributed by atoms with Crippen molar-refractivity contribution >= 4 is 16.8 Å². The van der Waals surface area contributed by atoms with Crippen molar-refractivity contribution in [1.29, 1.82) is 0 Å². The van der Waals surface area contributed by atoms with Gasteiger partial charge in [0.05, 0.1) is 11.6 Å². The molecule has 0 spiro atoms. The summed E-state index contributed by atoms with van der Waals surface area (Å²) < 4.78 is 43.3. The van der Waals surface area contributed by atoms with E-state index in [1.165, 1.54) is 19.1 Å². The molecular weight excluding hydrogens is 395 g/mol. The van der Waals surface area contributed by atoms with Gasteiger partial charge >= 0.3 is 6.36 Å². The van der Waals surface area contributed by atoms with Crippen molar-refractivity contribution in [2.75, 3.05) is 26.2 Å². The zero-order chi connectivity index (χ0) is 21.3. The van der Waals surface area contributed by atoms with Crippen LogP contribution in [0.25, 0.3) is 10.9 Å². The summed E-state index contributed by atoms with van der Waals surface area (Å²) >= 11 is 0. The fourth-order valence-electron chi connectivity index (χ4n) is 4.06. The lowest BCUT2D eigenvalue weighted by Crippen LogP contribution is -2.45.